The molecule has 2 heterocycles. The Balaban J connectivity index is 2.18. The van der Waals surface area contributed by atoms with E-state index >= 15 is 0 Å². The second kappa shape index (κ2) is 6.71. The first kappa shape index (κ1) is 16.6. The number of aliphatic hydroxyl groups is 1. The zero-order chi connectivity index (χ0) is 18.0. The lowest BCUT2D eigenvalue weighted by atomic mass is 9.87. The van der Waals surface area contributed by atoms with Gasteiger partial charge in [-0.1, -0.05) is 12.1 Å². The van der Waals surface area contributed by atoms with E-state index in [-0.39, 0.29) is 28.7 Å². The average Bonchev–Trinajstić information content (AvgIpc) is 2.62. The summed E-state index contributed by atoms with van der Waals surface area (Å²) in [6.07, 6.45) is 0. The van der Waals surface area contributed by atoms with Crippen molar-refractivity contribution in [2.45, 2.75) is 19.4 Å². The van der Waals surface area contributed by atoms with Crippen molar-refractivity contribution in [1.82, 2.24) is 0 Å². The molecule has 1 aliphatic heterocycles. The van der Waals surface area contributed by atoms with Gasteiger partial charge in [0.15, 0.2) is 5.76 Å². The van der Waals surface area contributed by atoms with Crippen LogP contribution in [0.4, 0.5) is 0 Å². The maximum atomic E-state index is 12.2. The molecule has 0 radical (unpaired) electrons. The van der Waals surface area contributed by atoms with E-state index in [1.54, 1.807) is 24.3 Å². The van der Waals surface area contributed by atoms with Crippen molar-refractivity contribution in [2.75, 3.05) is 6.61 Å². The second-order valence-corrected chi connectivity index (χ2v) is 5.36. The Morgan fingerprint density at radius 3 is 2.68 bits per heavy atom. The minimum atomic E-state index is -0.705. The Labute approximate surface area is 143 Å². The van der Waals surface area contributed by atoms with Gasteiger partial charge in [-0.05, 0) is 24.6 Å². The van der Waals surface area contributed by atoms with Crippen LogP contribution < -0.4 is 20.6 Å². The molecule has 3 N–H and O–H groups in total. The molecule has 0 amide bonds. The van der Waals surface area contributed by atoms with Gasteiger partial charge >= 0.3 is 0 Å². The molecule has 0 saturated heterocycles. The molecule has 2 aromatic rings. The number of nitriles is 1. The molecular formula is C18H16N2O5. The van der Waals surface area contributed by atoms with Crippen LogP contribution in [0.15, 0.2) is 51.0 Å². The maximum absolute atomic E-state index is 12.2. The van der Waals surface area contributed by atoms with Gasteiger partial charge in [0, 0.05) is 6.07 Å². The fourth-order valence-electron chi connectivity index (χ4n) is 2.72. The summed E-state index contributed by atoms with van der Waals surface area (Å²) >= 11 is 0. The minimum absolute atomic E-state index is 0.0763. The molecule has 0 unspecified atom stereocenters. The summed E-state index contributed by atoms with van der Waals surface area (Å²) in [5, 5.41) is 18.8. The fraction of sp³-hybridized carbons (Fsp3) is 0.222. The average molecular weight is 340 g/mol. The summed E-state index contributed by atoms with van der Waals surface area (Å²) < 4.78 is 16.3. The van der Waals surface area contributed by atoms with Gasteiger partial charge in [0.25, 0.3) is 0 Å². The van der Waals surface area contributed by atoms with E-state index in [4.69, 9.17) is 19.6 Å². The number of nitrogens with two attached hydrogens (primary N) is 1. The lowest BCUT2D eigenvalue weighted by molar-refractivity contribution is 0.231. The Morgan fingerprint density at radius 1 is 1.36 bits per heavy atom. The minimum Gasteiger partial charge on any atom is -0.494 e. The molecule has 0 spiro atoms. The van der Waals surface area contributed by atoms with Crippen LogP contribution in [0.2, 0.25) is 0 Å². The zero-order valence-corrected chi connectivity index (χ0v) is 13.5. The molecule has 25 heavy (non-hydrogen) atoms. The molecule has 0 fully saturated rings. The third kappa shape index (κ3) is 2.95. The first-order chi connectivity index (χ1) is 12.1. The monoisotopic (exact) mass is 340 g/mol. The number of rotatable bonds is 4. The standard InChI is InChI=1S/C18H16N2O5/c1-2-23-11-5-3-10(4-6-11)15-13(8-19)18(20)25-16-14(22)7-12(9-21)24-17(15)16/h3-7,15,21H,2,9,20H2,1H3/t15-/m0/s1. The summed E-state index contributed by atoms with van der Waals surface area (Å²) in [6.45, 7) is 1.97. The summed E-state index contributed by atoms with van der Waals surface area (Å²) in [6, 6.07) is 10.2. The SMILES string of the molecule is CCOc1ccc([C@H]2C(C#N)=C(N)Oc3c2oc(CO)cc3=O)cc1. The Bertz CT molecular complexity index is 922. The molecule has 1 atom stereocenters. The topological polar surface area (TPSA) is 119 Å². The van der Waals surface area contributed by atoms with Gasteiger partial charge in [-0.15, -0.1) is 0 Å². The van der Waals surface area contributed by atoms with E-state index in [1.165, 1.54) is 0 Å². The Kier molecular flexibility index (Phi) is 4.46. The van der Waals surface area contributed by atoms with Crippen molar-refractivity contribution in [3.63, 3.8) is 0 Å². The lowest BCUT2D eigenvalue weighted by Crippen LogP contribution is -2.25. The maximum Gasteiger partial charge on any atom is 0.228 e. The second-order valence-electron chi connectivity index (χ2n) is 5.36. The van der Waals surface area contributed by atoms with Crippen molar-refractivity contribution < 1.29 is 19.0 Å². The number of nitrogens with zero attached hydrogens (tertiary/aromatic N) is 1. The largest absolute Gasteiger partial charge is 0.494 e. The molecule has 3 rings (SSSR count). The fourth-order valence-corrected chi connectivity index (χ4v) is 2.72. The summed E-state index contributed by atoms with van der Waals surface area (Å²) in [4.78, 5) is 12.2. The van der Waals surface area contributed by atoms with Crippen LogP contribution in [0.1, 0.15) is 29.9 Å². The van der Waals surface area contributed by atoms with Gasteiger partial charge < -0.3 is 24.7 Å². The normalized spacial score (nSPS) is 16.0. The summed E-state index contributed by atoms with van der Waals surface area (Å²) in [5.41, 5.74) is 6.18. The summed E-state index contributed by atoms with van der Waals surface area (Å²) in [7, 11) is 0. The molecule has 0 bridgehead atoms. The predicted molar refractivity (Wildman–Crippen MR) is 87.8 cm³/mol. The molecule has 0 aliphatic carbocycles. The molecule has 7 nitrogen and oxygen atoms in total. The number of hydrogen-bond acceptors (Lipinski definition) is 7. The van der Waals surface area contributed by atoms with Crippen LogP contribution in [-0.4, -0.2) is 11.7 Å². The molecule has 7 heteroatoms. The number of ether oxygens (including phenoxy) is 2. The van der Waals surface area contributed by atoms with E-state index in [9.17, 15) is 15.2 Å². The van der Waals surface area contributed by atoms with Gasteiger partial charge in [-0.2, -0.15) is 5.26 Å². The van der Waals surface area contributed by atoms with Crippen LogP contribution in [0, 0.1) is 11.3 Å². The van der Waals surface area contributed by atoms with Crippen molar-refractivity contribution in [2.24, 2.45) is 5.73 Å². The predicted octanol–water partition coefficient (Wildman–Crippen LogP) is 1.75. The number of hydrogen-bond donors (Lipinski definition) is 2. The van der Waals surface area contributed by atoms with Gasteiger partial charge in [-0.3, -0.25) is 4.79 Å². The van der Waals surface area contributed by atoms with Crippen LogP contribution >= 0.6 is 0 Å². The molecule has 1 aromatic carbocycles. The Hall–Kier alpha value is -3.24. The third-order valence-corrected chi connectivity index (χ3v) is 3.81. The van der Waals surface area contributed by atoms with E-state index in [2.05, 4.69) is 0 Å². The first-order valence-electron chi connectivity index (χ1n) is 7.67. The highest BCUT2D eigenvalue weighted by Crippen LogP contribution is 2.41. The van der Waals surface area contributed by atoms with Gasteiger partial charge in [0.1, 0.15) is 29.8 Å². The van der Waals surface area contributed by atoms with Crippen LogP contribution in [0.25, 0.3) is 0 Å². The number of benzene rings is 1. The van der Waals surface area contributed by atoms with E-state index in [0.717, 1.165) is 6.07 Å². The van der Waals surface area contributed by atoms with Gasteiger partial charge in [0.05, 0.1) is 12.5 Å². The van der Waals surface area contributed by atoms with Crippen molar-refractivity contribution in [3.8, 4) is 17.6 Å². The number of fused-ring (bicyclic) bond motifs is 1. The third-order valence-electron chi connectivity index (χ3n) is 3.81. The van der Waals surface area contributed by atoms with E-state index in [0.29, 0.717) is 17.9 Å². The summed E-state index contributed by atoms with van der Waals surface area (Å²) in [5.74, 6) is -0.0128. The highest BCUT2D eigenvalue weighted by atomic mass is 16.5. The molecular weight excluding hydrogens is 324 g/mol. The van der Waals surface area contributed by atoms with Crippen LogP contribution in [-0.2, 0) is 6.61 Å². The lowest BCUT2D eigenvalue weighted by Gasteiger charge is -2.24. The van der Waals surface area contributed by atoms with Crippen LogP contribution in [0.3, 0.4) is 0 Å². The van der Waals surface area contributed by atoms with Crippen molar-refractivity contribution in [3.05, 3.63) is 69.1 Å². The smallest absolute Gasteiger partial charge is 0.228 e. The van der Waals surface area contributed by atoms with Crippen LogP contribution in [0.5, 0.6) is 11.5 Å². The number of aliphatic hydroxyl groups excluding tert-OH is 1. The first-order valence-corrected chi connectivity index (χ1v) is 7.67. The quantitative estimate of drug-likeness (QED) is 0.870. The molecule has 128 valence electrons. The molecule has 0 saturated carbocycles. The highest BCUT2D eigenvalue weighted by Gasteiger charge is 2.35. The Morgan fingerprint density at radius 2 is 2.08 bits per heavy atom. The highest BCUT2D eigenvalue weighted by molar-refractivity contribution is 5.52. The number of allylic oxidation sites excluding steroid dienone is 1. The van der Waals surface area contributed by atoms with E-state index in [1.807, 2.05) is 13.0 Å². The van der Waals surface area contributed by atoms with Gasteiger partial charge in [-0.25, -0.2) is 0 Å². The zero-order valence-electron chi connectivity index (χ0n) is 13.5. The van der Waals surface area contributed by atoms with Gasteiger partial charge in [0.2, 0.25) is 17.1 Å². The van der Waals surface area contributed by atoms with Crippen molar-refractivity contribution >= 4 is 0 Å². The molecule has 1 aliphatic rings. The molecule has 1 aromatic heterocycles. The van der Waals surface area contributed by atoms with E-state index < -0.39 is 18.0 Å². The van der Waals surface area contributed by atoms with Crippen molar-refractivity contribution in [1.29, 1.82) is 5.26 Å².